The fraction of sp³-hybridized carbons (Fsp3) is 1.00. The minimum Gasteiger partial charge on any atom is -0.378 e. The summed E-state index contributed by atoms with van der Waals surface area (Å²) in [7, 11) is 2.05. The van der Waals surface area contributed by atoms with Gasteiger partial charge in [-0.3, -0.25) is 4.90 Å². The molecule has 0 saturated carbocycles. The summed E-state index contributed by atoms with van der Waals surface area (Å²) in [6.45, 7) is 12.1. The molecule has 0 aromatic rings. The van der Waals surface area contributed by atoms with Crippen molar-refractivity contribution >= 4 is 0 Å². The van der Waals surface area contributed by atoms with Crippen LogP contribution in [0.4, 0.5) is 0 Å². The maximum atomic E-state index is 5.55. The van der Waals surface area contributed by atoms with Crippen LogP contribution in [0.25, 0.3) is 0 Å². The quantitative estimate of drug-likeness (QED) is 0.749. The van der Waals surface area contributed by atoms with Crippen molar-refractivity contribution in [2.24, 2.45) is 5.41 Å². The van der Waals surface area contributed by atoms with Gasteiger partial charge in [0.1, 0.15) is 0 Å². The van der Waals surface area contributed by atoms with E-state index in [9.17, 15) is 0 Å². The lowest BCUT2D eigenvalue weighted by atomic mass is 9.86. The summed E-state index contributed by atoms with van der Waals surface area (Å²) >= 11 is 0. The van der Waals surface area contributed by atoms with E-state index < -0.39 is 0 Å². The average molecular weight is 228 g/mol. The van der Waals surface area contributed by atoms with Crippen LogP contribution in [-0.4, -0.2) is 50.8 Å². The molecule has 2 atom stereocenters. The van der Waals surface area contributed by atoms with Crippen LogP contribution in [-0.2, 0) is 4.74 Å². The molecule has 0 aromatic heterocycles. The molecule has 1 aliphatic rings. The standard InChI is InChI=1S/C13H28N2O/c1-5-12-9-16-8-7-15(12)11-13(3,6-2)10-14-4/h12,14H,5-11H2,1-4H3. The third kappa shape index (κ3) is 3.72. The average Bonchev–Trinajstić information content (AvgIpc) is 2.30. The van der Waals surface area contributed by atoms with Gasteiger partial charge < -0.3 is 10.1 Å². The molecule has 96 valence electrons. The van der Waals surface area contributed by atoms with Crippen molar-refractivity contribution in [1.82, 2.24) is 10.2 Å². The second-order valence-electron chi connectivity index (χ2n) is 5.30. The van der Waals surface area contributed by atoms with Crippen molar-refractivity contribution in [2.75, 3.05) is 39.9 Å². The molecule has 0 spiro atoms. The van der Waals surface area contributed by atoms with Crippen LogP contribution >= 0.6 is 0 Å². The Morgan fingerprint density at radius 1 is 1.44 bits per heavy atom. The van der Waals surface area contributed by atoms with Gasteiger partial charge in [-0.15, -0.1) is 0 Å². The Morgan fingerprint density at radius 2 is 2.19 bits per heavy atom. The number of hydrogen-bond acceptors (Lipinski definition) is 3. The second-order valence-corrected chi connectivity index (χ2v) is 5.30. The molecular formula is C13H28N2O. The molecule has 0 bridgehead atoms. The van der Waals surface area contributed by atoms with E-state index in [1.54, 1.807) is 0 Å². The highest BCUT2D eigenvalue weighted by Gasteiger charge is 2.29. The zero-order valence-electron chi connectivity index (χ0n) is 11.4. The third-order valence-electron chi connectivity index (χ3n) is 3.86. The Kier molecular flexibility index (Phi) is 5.73. The van der Waals surface area contributed by atoms with Gasteiger partial charge in [0.2, 0.25) is 0 Å². The predicted octanol–water partition coefficient (Wildman–Crippen LogP) is 1.73. The van der Waals surface area contributed by atoms with Crippen molar-refractivity contribution in [3.05, 3.63) is 0 Å². The van der Waals surface area contributed by atoms with Crippen LogP contribution < -0.4 is 5.32 Å². The maximum absolute atomic E-state index is 5.55. The van der Waals surface area contributed by atoms with Gasteiger partial charge in [0.05, 0.1) is 13.2 Å². The molecule has 2 unspecified atom stereocenters. The van der Waals surface area contributed by atoms with Crippen molar-refractivity contribution in [3.63, 3.8) is 0 Å². The van der Waals surface area contributed by atoms with Gasteiger partial charge in [0, 0.05) is 25.7 Å². The highest BCUT2D eigenvalue weighted by atomic mass is 16.5. The second kappa shape index (κ2) is 6.58. The fourth-order valence-corrected chi connectivity index (χ4v) is 2.48. The van der Waals surface area contributed by atoms with E-state index in [2.05, 4.69) is 31.0 Å². The molecule has 1 aliphatic heterocycles. The minimum atomic E-state index is 0.388. The Hall–Kier alpha value is -0.120. The van der Waals surface area contributed by atoms with Gasteiger partial charge in [-0.05, 0) is 25.3 Å². The zero-order valence-corrected chi connectivity index (χ0v) is 11.4. The predicted molar refractivity (Wildman–Crippen MR) is 68.8 cm³/mol. The van der Waals surface area contributed by atoms with Crippen LogP contribution in [0.1, 0.15) is 33.6 Å². The third-order valence-corrected chi connectivity index (χ3v) is 3.86. The number of nitrogens with zero attached hydrogens (tertiary/aromatic N) is 1. The molecule has 3 heteroatoms. The summed E-state index contributed by atoms with van der Waals surface area (Å²) in [5.41, 5.74) is 0.388. The first-order valence-corrected chi connectivity index (χ1v) is 6.61. The van der Waals surface area contributed by atoms with Gasteiger partial charge in [0.15, 0.2) is 0 Å². The molecule has 1 saturated heterocycles. The first-order chi connectivity index (χ1) is 7.65. The van der Waals surface area contributed by atoms with Crippen molar-refractivity contribution < 1.29 is 4.74 Å². The lowest BCUT2D eigenvalue weighted by Gasteiger charge is -2.41. The van der Waals surface area contributed by atoms with E-state index >= 15 is 0 Å². The Labute approximate surface area is 101 Å². The zero-order chi connectivity index (χ0) is 12.0. The molecule has 1 N–H and O–H groups in total. The summed E-state index contributed by atoms with van der Waals surface area (Å²) in [5, 5.41) is 3.32. The van der Waals surface area contributed by atoms with Crippen molar-refractivity contribution in [3.8, 4) is 0 Å². The number of rotatable bonds is 6. The lowest BCUT2D eigenvalue weighted by Crippen LogP contribution is -2.51. The van der Waals surface area contributed by atoms with E-state index in [1.807, 2.05) is 7.05 Å². The van der Waals surface area contributed by atoms with Crippen molar-refractivity contribution in [1.29, 1.82) is 0 Å². The van der Waals surface area contributed by atoms with Crippen LogP contribution in [0.15, 0.2) is 0 Å². The topological polar surface area (TPSA) is 24.5 Å². The molecule has 0 aliphatic carbocycles. The van der Waals surface area contributed by atoms with Crippen molar-refractivity contribution in [2.45, 2.75) is 39.7 Å². The van der Waals surface area contributed by atoms with E-state index in [0.29, 0.717) is 11.5 Å². The highest BCUT2D eigenvalue weighted by Crippen LogP contribution is 2.24. The smallest absolute Gasteiger partial charge is 0.0622 e. The highest BCUT2D eigenvalue weighted by molar-refractivity contribution is 4.83. The van der Waals surface area contributed by atoms with Gasteiger partial charge in [-0.1, -0.05) is 20.8 Å². The van der Waals surface area contributed by atoms with Crippen LogP contribution in [0, 0.1) is 5.41 Å². The summed E-state index contributed by atoms with van der Waals surface area (Å²) in [4.78, 5) is 2.62. The summed E-state index contributed by atoms with van der Waals surface area (Å²) in [6, 6.07) is 0.622. The number of nitrogens with one attached hydrogen (secondary N) is 1. The molecule has 1 fully saturated rings. The first-order valence-electron chi connectivity index (χ1n) is 6.61. The minimum absolute atomic E-state index is 0.388. The lowest BCUT2D eigenvalue weighted by molar-refractivity contribution is -0.0262. The van der Waals surface area contributed by atoms with Crippen LogP contribution in [0.3, 0.4) is 0 Å². The van der Waals surface area contributed by atoms with Gasteiger partial charge in [0.25, 0.3) is 0 Å². The SMILES string of the molecule is CCC1COCCN1CC(C)(CC)CNC. The first kappa shape index (κ1) is 13.9. The molecule has 16 heavy (non-hydrogen) atoms. The molecule has 0 amide bonds. The van der Waals surface area contributed by atoms with Gasteiger partial charge >= 0.3 is 0 Å². The van der Waals surface area contributed by atoms with Crippen LogP contribution in [0.2, 0.25) is 0 Å². The number of ether oxygens (including phenoxy) is 1. The van der Waals surface area contributed by atoms with E-state index in [-0.39, 0.29) is 0 Å². The molecule has 1 heterocycles. The van der Waals surface area contributed by atoms with E-state index in [1.165, 1.54) is 19.4 Å². The molecule has 0 aromatic carbocycles. The molecule has 0 radical (unpaired) electrons. The Morgan fingerprint density at radius 3 is 2.75 bits per heavy atom. The molecule has 3 nitrogen and oxygen atoms in total. The normalized spacial score (nSPS) is 26.6. The Balaban J connectivity index is 2.54. The maximum Gasteiger partial charge on any atom is 0.0622 e. The largest absolute Gasteiger partial charge is 0.378 e. The van der Waals surface area contributed by atoms with E-state index in [0.717, 1.165) is 26.3 Å². The van der Waals surface area contributed by atoms with E-state index in [4.69, 9.17) is 4.74 Å². The summed E-state index contributed by atoms with van der Waals surface area (Å²) in [5.74, 6) is 0. The summed E-state index contributed by atoms with van der Waals surface area (Å²) < 4.78 is 5.55. The number of morpholine rings is 1. The molecule has 1 rings (SSSR count). The monoisotopic (exact) mass is 228 g/mol. The fourth-order valence-electron chi connectivity index (χ4n) is 2.48. The number of hydrogen-bond donors (Lipinski definition) is 1. The molecular weight excluding hydrogens is 200 g/mol. The van der Waals surface area contributed by atoms with Gasteiger partial charge in [-0.2, -0.15) is 0 Å². The Bertz CT molecular complexity index is 198. The summed E-state index contributed by atoms with van der Waals surface area (Å²) in [6.07, 6.45) is 2.42. The van der Waals surface area contributed by atoms with Gasteiger partial charge in [-0.25, -0.2) is 0 Å². The van der Waals surface area contributed by atoms with Crippen LogP contribution in [0.5, 0.6) is 0 Å².